The van der Waals surface area contributed by atoms with Crippen LogP contribution in [0.1, 0.15) is 31.3 Å². The zero-order valence-corrected chi connectivity index (χ0v) is 11.4. The molecule has 6 heteroatoms. The van der Waals surface area contributed by atoms with Crippen LogP contribution in [0.4, 0.5) is 10.5 Å². The van der Waals surface area contributed by atoms with Crippen molar-refractivity contribution < 1.29 is 23.8 Å². The van der Waals surface area contributed by atoms with Gasteiger partial charge >= 0.3 is 12.1 Å². The number of hydrogen-bond donors (Lipinski definition) is 2. The molecule has 2 rings (SSSR count). The molecule has 1 aromatic carbocycles. The van der Waals surface area contributed by atoms with E-state index in [0.29, 0.717) is 16.7 Å². The van der Waals surface area contributed by atoms with Crippen LogP contribution in [0.15, 0.2) is 28.7 Å². The third kappa shape index (κ3) is 3.28. The summed E-state index contributed by atoms with van der Waals surface area (Å²) in [5.74, 6) is -1.28. The lowest BCUT2D eigenvalue weighted by Crippen LogP contribution is -2.27. The van der Waals surface area contributed by atoms with Crippen LogP contribution in [0.25, 0.3) is 11.0 Å². The molecule has 1 amide bonds. The van der Waals surface area contributed by atoms with Gasteiger partial charge < -0.3 is 14.3 Å². The number of anilines is 1. The number of carbonyl (C=O) groups excluding carboxylic acids is 1. The Kier molecular flexibility index (Phi) is 3.40. The maximum atomic E-state index is 11.6. The molecule has 0 spiro atoms. The van der Waals surface area contributed by atoms with Crippen LogP contribution in [0.3, 0.4) is 0 Å². The van der Waals surface area contributed by atoms with Crippen molar-refractivity contribution in [3.63, 3.8) is 0 Å². The molecule has 1 aromatic heterocycles. The fourth-order valence-electron chi connectivity index (χ4n) is 1.64. The first-order valence-corrected chi connectivity index (χ1v) is 6.01. The van der Waals surface area contributed by atoms with Crippen LogP contribution in [0.5, 0.6) is 0 Å². The molecule has 0 bridgehead atoms. The Morgan fingerprint density at radius 1 is 1.25 bits per heavy atom. The summed E-state index contributed by atoms with van der Waals surface area (Å²) < 4.78 is 10.3. The lowest BCUT2D eigenvalue weighted by atomic mass is 10.2. The van der Waals surface area contributed by atoms with E-state index in [2.05, 4.69) is 5.32 Å². The van der Waals surface area contributed by atoms with Crippen LogP contribution < -0.4 is 5.32 Å². The van der Waals surface area contributed by atoms with Crippen molar-refractivity contribution in [2.75, 3.05) is 5.32 Å². The highest BCUT2D eigenvalue weighted by Crippen LogP contribution is 2.23. The maximum Gasteiger partial charge on any atom is 0.412 e. The molecule has 2 aromatic rings. The van der Waals surface area contributed by atoms with Crippen LogP contribution in [0.2, 0.25) is 0 Å². The van der Waals surface area contributed by atoms with Gasteiger partial charge in [0.2, 0.25) is 5.76 Å². The monoisotopic (exact) mass is 277 g/mol. The molecule has 0 unspecified atom stereocenters. The number of ether oxygens (including phenoxy) is 1. The largest absolute Gasteiger partial charge is 0.475 e. The minimum atomic E-state index is -1.14. The van der Waals surface area contributed by atoms with Crippen molar-refractivity contribution in [2.24, 2.45) is 0 Å². The summed E-state index contributed by atoms with van der Waals surface area (Å²) in [6.45, 7) is 5.30. The van der Waals surface area contributed by atoms with E-state index in [4.69, 9.17) is 14.3 Å². The molecule has 6 nitrogen and oxygen atoms in total. The molecule has 0 atom stereocenters. The molecular weight excluding hydrogens is 262 g/mol. The Morgan fingerprint density at radius 2 is 1.95 bits per heavy atom. The average Bonchev–Trinajstić information content (AvgIpc) is 2.69. The SMILES string of the molecule is CC(C)(C)OC(=O)Nc1ccc2cc(C(=O)O)oc2c1. The van der Waals surface area contributed by atoms with E-state index in [-0.39, 0.29) is 5.76 Å². The van der Waals surface area contributed by atoms with Crippen molar-refractivity contribution in [3.05, 3.63) is 30.0 Å². The van der Waals surface area contributed by atoms with Crippen LogP contribution in [0, 0.1) is 0 Å². The number of aromatic carboxylic acids is 1. The number of nitrogens with one attached hydrogen (secondary N) is 1. The Hall–Kier alpha value is -2.50. The predicted octanol–water partition coefficient (Wildman–Crippen LogP) is 3.48. The Balaban J connectivity index is 2.19. The number of amides is 1. The van der Waals surface area contributed by atoms with Gasteiger partial charge in [0.15, 0.2) is 0 Å². The van der Waals surface area contributed by atoms with Crippen molar-refractivity contribution in [2.45, 2.75) is 26.4 Å². The number of carboxylic acid groups (broad SMARTS) is 1. The minimum Gasteiger partial charge on any atom is -0.475 e. The van der Waals surface area contributed by atoms with Gasteiger partial charge in [-0.3, -0.25) is 5.32 Å². The number of carboxylic acids is 1. The Labute approximate surface area is 115 Å². The highest BCUT2D eigenvalue weighted by atomic mass is 16.6. The predicted molar refractivity (Wildman–Crippen MR) is 73.0 cm³/mol. The zero-order valence-electron chi connectivity index (χ0n) is 11.4. The molecule has 0 aliphatic heterocycles. The number of carbonyl (C=O) groups is 2. The molecule has 0 saturated heterocycles. The normalized spacial score (nSPS) is 11.3. The second-order valence-corrected chi connectivity index (χ2v) is 5.30. The van der Waals surface area contributed by atoms with E-state index in [9.17, 15) is 9.59 Å². The summed E-state index contributed by atoms with van der Waals surface area (Å²) in [6, 6.07) is 6.28. The van der Waals surface area contributed by atoms with Crippen LogP contribution >= 0.6 is 0 Å². The van der Waals surface area contributed by atoms with Gasteiger partial charge in [-0.1, -0.05) is 0 Å². The van der Waals surface area contributed by atoms with Crippen molar-refractivity contribution in [3.8, 4) is 0 Å². The Bertz CT molecular complexity index is 666. The highest BCUT2D eigenvalue weighted by molar-refractivity contribution is 5.94. The first-order valence-electron chi connectivity index (χ1n) is 6.01. The highest BCUT2D eigenvalue weighted by Gasteiger charge is 2.17. The van der Waals surface area contributed by atoms with Gasteiger partial charge in [0.1, 0.15) is 11.2 Å². The lowest BCUT2D eigenvalue weighted by molar-refractivity contribution is 0.0632. The van der Waals surface area contributed by atoms with Crippen LogP contribution in [-0.4, -0.2) is 22.8 Å². The molecule has 0 fully saturated rings. The van der Waals surface area contributed by atoms with Gasteiger partial charge in [-0.05, 0) is 39.0 Å². The summed E-state index contributed by atoms with van der Waals surface area (Å²) in [6.07, 6.45) is -0.582. The van der Waals surface area contributed by atoms with E-state index in [0.717, 1.165) is 0 Å². The summed E-state index contributed by atoms with van der Waals surface area (Å²) >= 11 is 0. The van der Waals surface area contributed by atoms with Crippen molar-refractivity contribution in [1.82, 2.24) is 0 Å². The number of hydrogen-bond acceptors (Lipinski definition) is 4. The van der Waals surface area contributed by atoms with E-state index in [1.54, 1.807) is 39.0 Å². The molecular formula is C14H15NO5. The molecule has 106 valence electrons. The molecule has 0 aliphatic rings. The smallest absolute Gasteiger partial charge is 0.412 e. The maximum absolute atomic E-state index is 11.6. The summed E-state index contributed by atoms with van der Waals surface area (Å²) in [5, 5.41) is 12.1. The van der Waals surface area contributed by atoms with E-state index < -0.39 is 17.7 Å². The topological polar surface area (TPSA) is 88.8 Å². The van der Waals surface area contributed by atoms with Crippen molar-refractivity contribution in [1.29, 1.82) is 0 Å². The molecule has 2 N–H and O–H groups in total. The van der Waals surface area contributed by atoms with Crippen LogP contribution in [-0.2, 0) is 4.74 Å². The molecule has 0 radical (unpaired) electrons. The summed E-state index contributed by atoms with van der Waals surface area (Å²) in [5.41, 5.74) is 0.268. The first kappa shape index (κ1) is 13.9. The molecule has 0 aliphatic carbocycles. The zero-order chi connectivity index (χ0) is 14.9. The lowest BCUT2D eigenvalue weighted by Gasteiger charge is -2.19. The van der Waals surface area contributed by atoms with E-state index in [1.807, 2.05) is 0 Å². The molecule has 20 heavy (non-hydrogen) atoms. The first-order chi connectivity index (χ1) is 9.24. The standard InChI is InChI=1S/C14H15NO5/c1-14(2,3)20-13(18)15-9-5-4-8-6-11(12(16)17)19-10(8)7-9/h4-7H,1-3H3,(H,15,18)(H,16,17). The minimum absolute atomic E-state index is 0.144. The summed E-state index contributed by atoms with van der Waals surface area (Å²) in [7, 11) is 0. The summed E-state index contributed by atoms with van der Waals surface area (Å²) in [4.78, 5) is 22.4. The number of fused-ring (bicyclic) bond motifs is 1. The second kappa shape index (κ2) is 4.88. The van der Waals surface area contributed by atoms with Gasteiger partial charge in [-0.2, -0.15) is 0 Å². The number of benzene rings is 1. The van der Waals surface area contributed by atoms with Gasteiger partial charge in [0.25, 0.3) is 0 Å². The second-order valence-electron chi connectivity index (χ2n) is 5.30. The average molecular weight is 277 g/mol. The van der Waals surface area contributed by atoms with E-state index in [1.165, 1.54) is 6.07 Å². The fourth-order valence-corrected chi connectivity index (χ4v) is 1.64. The van der Waals surface area contributed by atoms with Gasteiger partial charge in [0.05, 0.1) is 0 Å². The molecule has 0 saturated carbocycles. The van der Waals surface area contributed by atoms with Crippen molar-refractivity contribution >= 4 is 28.7 Å². The number of rotatable bonds is 2. The number of furan rings is 1. The quantitative estimate of drug-likeness (QED) is 0.877. The van der Waals surface area contributed by atoms with Gasteiger partial charge in [-0.15, -0.1) is 0 Å². The fraction of sp³-hybridized carbons (Fsp3) is 0.286. The molecule has 1 heterocycles. The Morgan fingerprint density at radius 3 is 2.55 bits per heavy atom. The van der Waals surface area contributed by atoms with E-state index >= 15 is 0 Å². The third-order valence-corrected chi connectivity index (χ3v) is 2.38. The van der Waals surface area contributed by atoms with Gasteiger partial charge in [0, 0.05) is 17.1 Å². The third-order valence-electron chi connectivity index (χ3n) is 2.38. The van der Waals surface area contributed by atoms with Gasteiger partial charge in [-0.25, -0.2) is 9.59 Å².